The summed E-state index contributed by atoms with van der Waals surface area (Å²) in [7, 11) is 0. The minimum absolute atomic E-state index is 0.867. The molecular weight excluding hydrogens is 220 g/mol. The molecule has 0 radical (unpaired) electrons. The average molecular weight is 227 g/mol. The van der Waals surface area contributed by atoms with Crippen LogP contribution in [0.1, 0.15) is 5.56 Å². The monoisotopic (exact) mass is 226 g/mol. The summed E-state index contributed by atoms with van der Waals surface area (Å²) in [6, 6.07) is 7.42. The lowest BCUT2D eigenvalue weighted by Crippen LogP contribution is -1.85. The standard InChI is InChI=1S/C9H7BrO2/c10-8-3-1-2-7(6-8)4-5-9(11)12/h1-6H,(H,11,12)/b5-4+. The normalized spacial score (nSPS) is 10.4. The Labute approximate surface area is 78.7 Å². The molecule has 0 aliphatic heterocycles. The Balaban J connectivity index is 2.83. The van der Waals surface area contributed by atoms with Gasteiger partial charge in [-0.05, 0) is 23.8 Å². The van der Waals surface area contributed by atoms with Gasteiger partial charge in [-0.25, -0.2) is 4.79 Å². The van der Waals surface area contributed by atoms with Gasteiger partial charge >= 0.3 is 5.97 Å². The third-order valence-electron chi connectivity index (χ3n) is 1.27. The van der Waals surface area contributed by atoms with Crippen LogP contribution in [0.3, 0.4) is 0 Å². The summed E-state index contributed by atoms with van der Waals surface area (Å²) in [4.78, 5) is 10.2. The summed E-state index contributed by atoms with van der Waals surface area (Å²) < 4.78 is 0.940. The van der Waals surface area contributed by atoms with Crippen molar-refractivity contribution in [2.24, 2.45) is 0 Å². The summed E-state index contributed by atoms with van der Waals surface area (Å²) >= 11 is 3.29. The molecule has 3 heteroatoms. The van der Waals surface area contributed by atoms with Crippen molar-refractivity contribution in [2.75, 3.05) is 0 Å². The Kier molecular flexibility index (Phi) is 3.05. The van der Waals surface area contributed by atoms with Crippen LogP contribution >= 0.6 is 15.9 Å². The maximum absolute atomic E-state index is 10.2. The van der Waals surface area contributed by atoms with E-state index in [2.05, 4.69) is 15.9 Å². The van der Waals surface area contributed by atoms with Gasteiger partial charge in [0.15, 0.2) is 0 Å². The molecule has 0 bridgehead atoms. The number of hydrogen-bond donors (Lipinski definition) is 1. The van der Waals surface area contributed by atoms with Crippen LogP contribution in [-0.4, -0.2) is 11.1 Å². The highest BCUT2D eigenvalue weighted by molar-refractivity contribution is 9.10. The van der Waals surface area contributed by atoms with E-state index < -0.39 is 5.97 Å². The Hall–Kier alpha value is -1.09. The third-order valence-corrected chi connectivity index (χ3v) is 1.76. The molecule has 12 heavy (non-hydrogen) atoms. The molecule has 0 amide bonds. The van der Waals surface area contributed by atoms with E-state index in [0.29, 0.717) is 0 Å². The predicted molar refractivity (Wildman–Crippen MR) is 50.8 cm³/mol. The van der Waals surface area contributed by atoms with Crippen molar-refractivity contribution < 1.29 is 9.90 Å². The van der Waals surface area contributed by atoms with Crippen molar-refractivity contribution in [3.05, 3.63) is 40.4 Å². The van der Waals surface area contributed by atoms with E-state index in [1.807, 2.05) is 24.3 Å². The van der Waals surface area contributed by atoms with Crippen LogP contribution in [0, 0.1) is 0 Å². The van der Waals surface area contributed by atoms with Crippen LogP contribution in [0.2, 0.25) is 0 Å². The van der Waals surface area contributed by atoms with Crippen molar-refractivity contribution >= 4 is 28.0 Å². The van der Waals surface area contributed by atoms with Gasteiger partial charge in [0.05, 0.1) is 0 Å². The summed E-state index contributed by atoms with van der Waals surface area (Å²) in [5, 5.41) is 8.35. The Bertz CT molecular complexity index is 318. The van der Waals surface area contributed by atoms with Gasteiger partial charge in [-0.1, -0.05) is 28.1 Å². The molecule has 1 aromatic carbocycles. The van der Waals surface area contributed by atoms with Gasteiger partial charge in [-0.3, -0.25) is 0 Å². The van der Waals surface area contributed by atoms with Gasteiger partial charge in [0.25, 0.3) is 0 Å². The quantitative estimate of drug-likeness (QED) is 0.788. The summed E-state index contributed by atoms with van der Waals surface area (Å²) in [6.07, 6.45) is 2.66. The third kappa shape index (κ3) is 2.88. The van der Waals surface area contributed by atoms with Crippen molar-refractivity contribution in [1.82, 2.24) is 0 Å². The van der Waals surface area contributed by atoms with E-state index in [9.17, 15) is 4.79 Å². The highest BCUT2D eigenvalue weighted by Gasteiger charge is 1.89. The van der Waals surface area contributed by atoms with Gasteiger partial charge in [0, 0.05) is 10.5 Å². The SMILES string of the molecule is O=C(O)/C=C/c1cccc(Br)c1. The largest absolute Gasteiger partial charge is 0.478 e. The van der Waals surface area contributed by atoms with Crippen molar-refractivity contribution in [3.8, 4) is 0 Å². The van der Waals surface area contributed by atoms with Crippen molar-refractivity contribution in [1.29, 1.82) is 0 Å². The summed E-state index contributed by atoms with van der Waals surface area (Å²) in [6.45, 7) is 0. The zero-order valence-electron chi connectivity index (χ0n) is 6.20. The van der Waals surface area contributed by atoms with E-state index >= 15 is 0 Å². The molecule has 1 aromatic rings. The second-order valence-corrected chi connectivity index (χ2v) is 3.14. The predicted octanol–water partition coefficient (Wildman–Crippen LogP) is 2.55. The molecule has 1 rings (SSSR count). The van der Waals surface area contributed by atoms with Gasteiger partial charge in [0.1, 0.15) is 0 Å². The lowest BCUT2D eigenvalue weighted by Gasteiger charge is -1.92. The van der Waals surface area contributed by atoms with Crippen molar-refractivity contribution in [2.45, 2.75) is 0 Å². The fraction of sp³-hybridized carbons (Fsp3) is 0. The number of rotatable bonds is 2. The first kappa shape index (κ1) is 9.00. The van der Waals surface area contributed by atoms with E-state index in [-0.39, 0.29) is 0 Å². The van der Waals surface area contributed by atoms with E-state index in [1.165, 1.54) is 0 Å². The molecule has 0 heterocycles. The second kappa shape index (κ2) is 4.07. The van der Waals surface area contributed by atoms with Crippen LogP contribution in [-0.2, 0) is 4.79 Å². The molecule has 0 fully saturated rings. The molecule has 62 valence electrons. The number of hydrogen-bond acceptors (Lipinski definition) is 1. The van der Waals surface area contributed by atoms with Gasteiger partial charge in [-0.2, -0.15) is 0 Å². The second-order valence-electron chi connectivity index (χ2n) is 2.23. The van der Waals surface area contributed by atoms with Gasteiger partial charge < -0.3 is 5.11 Å². The highest BCUT2D eigenvalue weighted by atomic mass is 79.9. The molecule has 2 nitrogen and oxygen atoms in total. The van der Waals surface area contributed by atoms with Crippen LogP contribution in [0.25, 0.3) is 6.08 Å². The molecule has 0 atom stereocenters. The number of carbonyl (C=O) groups is 1. The maximum Gasteiger partial charge on any atom is 0.328 e. The summed E-state index contributed by atoms with van der Waals surface area (Å²) in [5.74, 6) is -0.935. The average Bonchev–Trinajstić information content (AvgIpc) is 2.01. The molecule has 0 spiro atoms. The van der Waals surface area contributed by atoms with E-state index in [4.69, 9.17) is 5.11 Å². The number of benzene rings is 1. The molecule has 0 saturated heterocycles. The van der Waals surface area contributed by atoms with Crippen LogP contribution in [0.15, 0.2) is 34.8 Å². The molecule has 0 saturated carbocycles. The molecule has 1 N–H and O–H groups in total. The number of halogens is 1. The fourth-order valence-corrected chi connectivity index (χ4v) is 1.19. The van der Waals surface area contributed by atoms with Crippen LogP contribution in [0.5, 0.6) is 0 Å². The van der Waals surface area contributed by atoms with E-state index in [1.54, 1.807) is 6.08 Å². The zero-order chi connectivity index (χ0) is 8.97. The number of carboxylic acids is 1. The Morgan fingerprint density at radius 3 is 2.83 bits per heavy atom. The van der Waals surface area contributed by atoms with Gasteiger partial charge in [0.2, 0.25) is 0 Å². The maximum atomic E-state index is 10.2. The first-order valence-electron chi connectivity index (χ1n) is 3.35. The minimum atomic E-state index is -0.935. The highest BCUT2D eigenvalue weighted by Crippen LogP contribution is 2.12. The van der Waals surface area contributed by atoms with E-state index in [0.717, 1.165) is 16.1 Å². The lowest BCUT2D eigenvalue weighted by molar-refractivity contribution is -0.131. The smallest absolute Gasteiger partial charge is 0.328 e. The fourth-order valence-electron chi connectivity index (χ4n) is 0.778. The lowest BCUT2D eigenvalue weighted by atomic mass is 10.2. The number of aliphatic carboxylic acids is 1. The zero-order valence-corrected chi connectivity index (χ0v) is 7.78. The molecule has 0 aromatic heterocycles. The molecular formula is C9H7BrO2. The van der Waals surface area contributed by atoms with Gasteiger partial charge in [-0.15, -0.1) is 0 Å². The topological polar surface area (TPSA) is 37.3 Å². The Morgan fingerprint density at radius 2 is 2.25 bits per heavy atom. The van der Waals surface area contributed by atoms with Crippen LogP contribution < -0.4 is 0 Å². The van der Waals surface area contributed by atoms with Crippen molar-refractivity contribution in [3.63, 3.8) is 0 Å². The number of carboxylic acid groups (broad SMARTS) is 1. The molecule has 0 aliphatic rings. The first-order chi connectivity index (χ1) is 5.68. The molecule has 0 aliphatic carbocycles. The summed E-state index contributed by atoms with van der Waals surface area (Å²) in [5.41, 5.74) is 0.867. The van der Waals surface area contributed by atoms with Crippen LogP contribution in [0.4, 0.5) is 0 Å². The first-order valence-corrected chi connectivity index (χ1v) is 4.14. The minimum Gasteiger partial charge on any atom is -0.478 e. The molecule has 0 unspecified atom stereocenters. The Morgan fingerprint density at radius 1 is 1.50 bits per heavy atom.